The highest BCUT2D eigenvalue weighted by Crippen LogP contribution is 2.85. The smallest absolute Gasteiger partial charge is 0.431 e. The van der Waals surface area contributed by atoms with Crippen LogP contribution in [0.4, 0.5) is 0 Å². The van der Waals surface area contributed by atoms with E-state index in [9.17, 15) is 0 Å². The highest BCUT2D eigenvalue weighted by molar-refractivity contribution is 8.17. The normalized spacial score (nSPS) is 22.3. The molecule has 0 radical (unpaired) electrons. The van der Waals surface area contributed by atoms with Gasteiger partial charge in [-0.1, -0.05) is 54.6 Å². The van der Waals surface area contributed by atoms with Crippen LogP contribution in [0, 0.1) is 0 Å². The fraction of sp³-hybridized carbons (Fsp3) is 0. The molecule has 1 aliphatic heterocycles. The third-order valence-corrected chi connectivity index (χ3v) is 18.4. The highest BCUT2D eigenvalue weighted by Gasteiger charge is 2.39. The maximum Gasteiger partial charge on any atom is 0.453 e. The van der Waals surface area contributed by atoms with Gasteiger partial charge in [-0.2, -0.15) is 9.03 Å². The molecule has 0 aromatic heterocycles. The lowest BCUT2D eigenvalue weighted by atomic mass is 10.3. The van der Waals surface area contributed by atoms with E-state index < -0.39 is 26.3 Å². The van der Waals surface area contributed by atoms with Crippen LogP contribution in [0.2, 0.25) is 0 Å². The summed E-state index contributed by atoms with van der Waals surface area (Å²) in [5.41, 5.74) is 0. The number of halogens is 5. The van der Waals surface area contributed by atoms with Crippen molar-refractivity contribution in [3.63, 3.8) is 0 Å². The molecule has 1 aliphatic rings. The van der Waals surface area contributed by atoms with E-state index in [-0.39, 0.29) is 0 Å². The Kier molecular flexibility index (Phi) is 8.43. The zero-order chi connectivity index (χ0) is 24.3. The van der Waals surface area contributed by atoms with E-state index in [0.717, 1.165) is 0 Å². The molecular formula is C18H15Cl5N4O3P4. The highest BCUT2D eigenvalue weighted by atomic mass is 35.9. The molecule has 0 saturated heterocycles. The average molecular weight is 637 g/mol. The monoisotopic (exact) mass is 634 g/mol. The van der Waals surface area contributed by atoms with Crippen LogP contribution in [0.25, 0.3) is 0 Å². The molecule has 0 N–H and O–H groups in total. The predicted octanol–water partition coefficient (Wildman–Crippen LogP) is 12.2. The number of nitrogens with zero attached hydrogens (tertiary/aromatic N) is 4. The summed E-state index contributed by atoms with van der Waals surface area (Å²) in [5.74, 6) is -6.09. The van der Waals surface area contributed by atoms with E-state index >= 15 is 0 Å². The maximum atomic E-state index is 6.65. The number of hydrogen-bond acceptors (Lipinski definition) is 7. The summed E-state index contributed by atoms with van der Waals surface area (Å²) in [6.45, 7) is -3.61. The van der Waals surface area contributed by atoms with Gasteiger partial charge in [0.05, 0.1) is 0 Å². The standard InChI is InChI=1S/C18H15Cl5N4O3P4/c19-31(20)24-33(23,28-16-10-4-1-5-11-16)25-32(21,22)27-34(26-31,29-17-12-6-2-7-13-17)30-18-14-8-3-9-15-18/h1-15H. The van der Waals surface area contributed by atoms with E-state index in [1.807, 2.05) is 18.2 Å². The van der Waals surface area contributed by atoms with Crippen LogP contribution in [0.3, 0.4) is 0 Å². The molecule has 0 fully saturated rings. The summed E-state index contributed by atoms with van der Waals surface area (Å²) in [6, 6.07) is 26.1. The van der Waals surface area contributed by atoms with Crippen LogP contribution >= 0.6 is 82.5 Å². The first kappa shape index (κ1) is 26.5. The van der Waals surface area contributed by atoms with Gasteiger partial charge >= 0.3 is 14.4 Å². The van der Waals surface area contributed by atoms with Gasteiger partial charge in [-0.05, 0) is 92.6 Å². The van der Waals surface area contributed by atoms with Crippen molar-refractivity contribution >= 4 is 82.5 Å². The molecule has 0 bridgehead atoms. The van der Waals surface area contributed by atoms with E-state index in [1.165, 1.54) is 0 Å². The molecule has 0 saturated carbocycles. The van der Waals surface area contributed by atoms with Crippen LogP contribution in [0.5, 0.6) is 17.2 Å². The summed E-state index contributed by atoms with van der Waals surface area (Å²) >= 11 is 33.0. The Hall–Kier alpha value is -0.570. The number of para-hydroxylation sites is 3. The van der Waals surface area contributed by atoms with Crippen molar-refractivity contribution in [2.45, 2.75) is 0 Å². The van der Waals surface area contributed by atoms with Crippen molar-refractivity contribution in [1.82, 2.24) is 0 Å². The molecule has 16 heteroatoms. The van der Waals surface area contributed by atoms with E-state index in [2.05, 4.69) is 18.1 Å². The maximum absolute atomic E-state index is 6.65. The minimum absolute atomic E-state index is 0.378. The molecule has 0 aliphatic carbocycles. The fourth-order valence-corrected chi connectivity index (χ4v) is 20.5. The number of rotatable bonds is 6. The minimum Gasteiger partial charge on any atom is -0.431 e. The van der Waals surface area contributed by atoms with Crippen LogP contribution in [0.1, 0.15) is 0 Å². The van der Waals surface area contributed by atoms with Crippen LogP contribution in [-0.4, -0.2) is 0 Å². The summed E-state index contributed by atoms with van der Waals surface area (Å²) in [5, 5.41) is 0. The lowest BCUT2D eigenvalue weighted by Gasteiger charge is -2.26. The lowest BCUT2D eigenvalue weighted by molar-refractivity contribution is 0.478. The molecule has 0 spiro atoms. The van der Waals surface area contributed by atoms with Crippen molar-refractivity contribution in [3.8, 4) is 17.2 Å². The Balaban J connectivity index is 1.90. The number of hydrogen-bond donors (Lipinski definition) is 0. The van der Waals surface area contributed by atoms with Gasteiger partial charge in [0, 0.05) is 0 Å². The first-order valence-electron chi connectivity index (χ1n) is 9.34. The minimum atomic E-state index is -3.75. The first-order valence-corrected chi connectivity index (χ1v) is 20.4. The summed E-state index contributed by atoms with van der Waals surface area (Å²) in [4.78, 5) is 0. The second-order valence-corrected chi connectivity index (χ2v) is 21.6. The van der Waals surface area contributed by atoms with Gasteiger partial charge < -0.3 is 13.6 Å². The summed E-state index contributed by atoms with van der Waals surface area (Å²) in [7, 11) is -3.75. The van der Waals surface area contributed by atoms with Crippen molar-refractivity contribution < 1.29 is 13.6 Å². The third kappa shape index (κ3) is 7.47. The van der Waals surface area contributed by atoms with E-state index in [1.54, 1.807) is 72.8 Å². The van der Waals surface area contributed by atoms with E-state index in [0.29, 0.717) is 17.2 Å². The molecule has 0 amide bonds. The van der Waals surface area contributed by atoms with Gasteiger partial charge in [-0.25, -0.2) is 0 Å². The molecule has 3 aromatic carbocycles. The van der Waals surface area contributed by atoms with Gasteiger partial charge in [0.2, 0.25) is 0 Å². The zero-order valence-electron chi connectivity index (χ0n) is 16.9. The predicted molar refractivity (Wildman–Crippen MR) is 148 cm³/mol. The van der Waals surface area contributed by atoms with E-state index in [4.69, 9.17) is 69.8 Å². The first-order chi connectivity index (χ1) is 16.1. The van der Waals surface area contributed by atoms with Crippen LogP contribution in [-0.2, 0) is 0 Å². The number of benzene rings is 3. The second kappa shape index (κ2) is 10.8. The third-order valence-electron chi connectivity index (χ3n) is 3.78. The lowest BCUT2D eigenvalue weighted by Crippen LogP contribution is -1.99. The van der Waals surface area contributed by atoms with Crippen molar-refractivity contribution in [2.75, 3.05) is 0 Å². The van der Waals surface area contributed by atoms with Gasteiger partial charge in [-0.3, -0.25) is 0 Å². The molecular weight excluding hydrogens is 621 g/mol. The van der Waals surface area contributed by atoms with Crippen LogP contribution in [0.15, 0.2) is 109 Å². The topological polar surface area (TPSA) is 77.1 Å². The molecule has 1 atom stereocenters. The molecule has 1 heterocycles. The average Bonchev–Trinajstić information content (AvgIpc) is 2.73. The van der Waals surface area contributed by atoms with Gasteiger partial charge in [-0.15, -0.1) is 9.03 Å². The fourth-order valence-electron chi connectivity index (χ4n) is 2.59. The Morgan fingerprint density at radius 1 is 0.441 bits per heavy atom. The van der Waals surface area contributed by atoms with Crippen LogP contribution < -0.4 is 13.6 Å². The Bertz CT molecular complexity index is 1330. The Morgan fingerprint density at radius 3 is 1.26 bits per heavy atom. The Labute approximate surface area is 221 Å². The molecule has 180 valence electrons. The molecule has 34 heavy (non-hydrogen) atoms. The summed E-state index contributed by atoms with van der Waals surface area (Å²) in [6.07, 6.45) is 0. The summed E-state index contributed by atoms with van der Waals surface area (Å²) < 4.78 is 35.6. The van der Waals surface area contributed by atoms with Crippen molar-refractivity contribution in [3.05, 3.63) is 91.0 Å². The quantitative estimate of drug-likeness (QED) is 0.253. The molecule has 7 nitrogen and oxygen atoms in total. The largest absolute Gasteiger partial charge is 0.453 e. The van der Waals surface area contributed by atoms with Crippen molar-refractivity contribution in [1.29, 1.82) is 0 Å². The Morgan fingerprint density at radius 2 is 0.824 bits per heavy atom. The second-order valence-electron chi connectivity index (χ2n) is 6.45. The zero-order valence-corrected chi connectivity index (χ0v) is 24.2. The molecule has 3 aromatic rings. The molecule has 4 rings (SSSR count). The molecule has 1 unspecified atom stereocenters. The van der Waals surface area contributed by atoms with Gasteiger partial charge in [0.1, 0.15) is 17.2 Å². The van der Waals surface area contributed by atoms with Gasteiger partial charge in [0.25, 0.3) is 11.8 Å². The SMILES string of the molecule is ClP1(Cl)=NP(Cl)(Oc2ccccc2)=NP(Cl)(Cl)=NP(Oc2ccccc2)(Oc2ccccc2)=N1. The van der Waals surface area contributed by atoms with Gasteiger partial charge in [0.15, 0.2) is 0 Å². The van der Waals surface area contributed by atoms with Crippen molar-refractivity contribution in [2.24, 2.45) is 18.1 Å².